The van der Waals surface area contributed by atoms with Gasteiger partial charge >= 0.3 is 0 Å². The van der Waals surface area contributed by atoms with Crippen molar-refractivity contribution >= 4 is 58.2 Å². The van der Waals surface area contributed by atoms with Gasteiger partial charge in [0.2, 0.25) is 0 Å². The lowest BCUT2D eigenvalue weighted by Crippen LogP contribution is -2.59. The maximum atomic E-state index is 13.2. The van der Waals surface area contributed by atoms with Gasteiger partial charge in [-0.25, -0.2) is 4.99 Å². The number of rotatable bonds is 4. The number of hydrogen-bond donors (Lipinski definition) is 0. The van der Waals surface area contributed by atoms with Gasteiger partial charge in [-0.2, -0.15) is 0 Å². The van der Waals surface area contributed by atoms with Crippen molar-refractivity contribution < 1.29 is 4.79 Å². The van der Waals surface area contributed by atoms with Crippen LogP contribution < -0.4 is 0 Å². The zero-order valence-electron chi connectivity index (χ0n) is 18.4. The predicted octanol–water partition coefficient (Wildman–Crippen LogP) is 7.96. The Morgan fingerprint density at radius 2 is 0.857 bits per heavy atom. The molecule has 1 fully saturated rings. The summed E-state index contributed by atoms with van der Waals surface area (Å²) in [6.07, 6.45) is 0. The Hall–Kier alpha value is -2.56. The zero-order chi connectivity index (χ0) is 24.5. The highest BCUT2D eigenvalue weighted by atomic mass is 35.6. The molecule has 0 aromatic heterocycles. The van der Waals surface area contributed by atoms with E-state index in [1.807, 2.05) is 72.8 Å². The van der Waals surface area contributed by atoms with Gasteiger partial charge in [0.1, 0.15) is 9.49 Å². The van der Waals surface area contributed by atoms with Gasteiger partial charge in [-0.15, -0.1) is 11.8 Å². The quantitative estimate of drug-likeness (QED) is 0.248. The molecule has 0 spiro atoms. The summed E-state index contributed by atoms with van der Waals surface area (Å²) in [6.45, 7) is 0. The van der Waals surface area contributed by atoms with Crippen LogP contribution >= 0.6 is 46.6 Å². The normalized spacial score (nSPS) is 16.3. The molecule has 0 aliphatic carbocycles. The Labute approximate surface area is 224 Å². The Morgan fingerprint density at radius 3 is 1.11 bits per heavy atom. The van der Waals surface area contributed by atoms with Crippen LogP contribution in [0.15, 0.2) is 126 Å². The SMILES string of the molecule is O=C(N=C1C(c2ccccc2)(c2ccccc2)SC1(c1ccccc1)c1ccccc1)C(Cl)(Cl)Cl. The Morgan fingerprint density at radius 1 is 0.571 bits per heavy atom. The number of benzene rings is 4. The average molecular weight is 537 g/mol. The fourth-order valence-corrected chi connectivity index (χ4v) is 6.70. The van der Waals surface area contributed by atoms with Crippen LogP contribution in [-0.4, -0.2) is 15.4 Å². The number of thioether (sulfide) groups is 1. The lowest BCUT2D eigenvalue weighted by molar-refractivity contribution is -0.117. The zero-order valence-corrected chi connectivity index (χ0v) is 21.5. The van der Waals surface area contributed by atoms with E-state index >= 15 is 0 Å². The average Bonchev–Trinajstić information content (AvgIpc) is 2.89. The first-order valence-corrected chi connectivity index (χ1v) is 13.0. The summed E-state index contributed by atoms with van der Waals surface area (Å²) >= 11 is 19.9. The van der Waals surface area contributed by atoms with Crippen molar-refractivity contribution in [2.75, 3.05) is 0 Å². The molecule has 0 N–H and O–H groups in total. The first-order chi connectivity index (χ1) is 16.9. The third-order valence-electron chi connectivity index (χ3n) is 6.15. The highest BCUT2D eigenvalue weighted by molar-refractivity contribution is 8.05. The third kappa shape index (κ3) is 4.11. The second kappa shape index (κ2) is 9.48. The van der Waals surface area contributed by atoms with E-state index in [0.29, 0.717) is 5.71 Å². The standard InChI is InChI=1S/C29H20Cl3NOS/c30-29(31,32)26(34)33-25-27(21-13-5-1-6-14-21,22-15-7-2-8-16-22)35-28(25,23-17-9-3-10-18-23)24-19-11-4-12-20-24/h1-20H. The number of hydrogen-bond acceptors (Lipinski definition) is 2. The second-order valence-electron chi connectivity index (χ2n) is 8.19. The first kappa shape index (κ1) is 24.1. The van der Waals surface area contributed by atoms with Crippen molar-refractivity contribution in [2.24, 2.45) is 4.99 Å². The monoisotopic (exact) mass is 535 g/mol. The van der Waals surface area contributed by atoms with E-state index in [1.165, 1.54) is 0 Å². The van der Waals surface area contributed by atoms with Crippen LogP contribution in [0.1, 0.15) is 22.3 Å². The van der Waals surface area contributed by atoms with Gasteiger partial charge in [0, 0.05) is 0 Å². The van der Waals surface area contributed by atoms with E-state index in [4.69, 9.17) is 34.8 Å². The molecule has 5 rings (SSSR count). The molecular formula is C29H20Cl3NOS. The number of carbonyl (C=O) groups is 1. The van der Waals surface area contributed by atoms with Crippen molar-refractivity contribution in [1.29, 1.82) is 0 Å². The molecule has 6 heteroatoms. The molecule has 0 bridgehead atoms. The summed E-state index contributed by atoms with van der Waals surface area (Å²) in [6, 6.07) is 40.2. The summed E-state index contributed by atoms with van der Waals surface area (Å²) in [5.74, 6) is -0.815. The molecular weight excluding hydrogens is 517 g/mol. The van der Waals surface area contributed by atoms with E-state index in [1.54, 1.807) is 11.8 Å². The van der Waals surface area contributed by atoms with Crippen molar-refractivity contribution in [3.8, 4) is 0 Å². The van der Waals surface area contributed by atoms with E-state index in [0.717, 1.165) is 22.3 Å². The molecule has 0 radical (unpaired) electrons. The van der Waals surface area contributed by atoms with Gasteiger partial charge in [0.05, 0.1) is 5.71 Å². The first-order valence-electron chi connectivity index (χ1n) is 11.0. The number of aliphatic imine (C=N–C) groups is 1. The molecule has 174 valence electrons. The Kier molecular flexibility index (Phi) is 6.54. The van der Waals surface area contributed by atoms with Gasteiger partial charge in [0.25, 0.3) is 9.70 Å². The minimum Gasteiger partial charge on any atom is -0.268 e. The number of halogens is 3. The fraction of sp³-hybridized carbons (Fsp3) is 0.103. The molecule has 0 atom stereocenters. The molecule has 1 heterocycles. The maximum Gasteiger partial charge on any atom is 0.297 e. The minimum atomic E-state index is -2.18. The molecule has 1 saturated heterocycles. The molecule has 1 aliphatic heterocycles. The molecule has 4 aromatic carbocycles. The van der Waals surface area contributed by atoms with Crippen LogP contribution in [-0.2, 0) is 14.3 Å². The Balaban J connectivity index is 1.87. The molecule has 0 saturated carbocycles. The predicted molar refractivity (Wildman–Crippen MR) is 148 cm³/mol. The molecule has 35 heavy (non-hydrogen) atoms. The van der Waals surface area contributed by atoms with E-state index < -0.39 is 19.2 Å². The summed E-state index contributed by atoms with van der Waals surface area (Å²) in [4.78, 5) is 17.8. The number of nitrogens with zero attached hydrogens (tertiary/aromatic N) is 1. The van der Waals surface area contributed by atoms with Gasteiger partial charge in [-0.1, -0.05) is 156 Å². The number of amides is 1. The minimum absolute atomic E-state index is 0.612. The second-order valence-corrected chi connectivity index (χ2v) is 11.9. The fourth-order valence-electron chi connectivity index (χ4n) is 4.66. The number of alkyl halides is 3. The van der Waals surface area contributed by atoms with Crippen molar-refractivity contribution in [3.63, 3.8) is 0 Å². The van der Waals surface area contributed by atoms with Gasteiger partial charge in [-0.05, 0) is 22.3 Å². The third-order valence-corrected chi connectivity index (χ3v) is 8.58. The highest BCUT2D eigenvalue weighted by Gasteiger charge is 2.65. The van der Waals surface area contributed by atoms with E-state index in [9.17, 15) is 4.79 Å². The van der Waals surface area contributed by atoms with E-state index in [2.05, 4.69) is 53.5 Å². The molecule has 1 aliphatic rings. The van der Waals surface area contributed by atoms with Gasteiger partial charge < -0.3 is 0 Å². The summed E-state index contributed by atoms with van der Waals surface area (Å²) in [5.41, 5.74) is 4.59. The topological polar surface area (TPSA) is 29.4 Å². The van der Waals surface area contributed by atoms with Crippen LogP contribution in [0.25, 0.3) is 0 Å². The Bertz CT molecular complexity index is 1180. The van der Waals surface area contributed by atoms with Crippen LogP contribution in [0.3, 0.4) is 0 Å². The van der Waals surface area contributed by atoms with Crippen LogP contribution in [0, 0.1) is 0 Å². The molecule has 4 aromatic rings. The van der Waals surface area contributed by atoms with Gasteiger partial charge in [0.15, 0.2) is 0 Å². The van der Waals surface area contributed by atoms with E-state index in [-0.39, 0.29) is 0 Å². The van der Waals surface area contributed by atoms with Crippen molar-refractivity contribution in [3.05, 3.63) is 144 Å². The van der Waals surface area contributed by atoms with Crippen molar-refractivity contribution in [1.82, 2.24) is 0 Å². The highest BCUT2D eigenvalue weighted by Crippen LogP contribution is 2.68. The maximum absolute atomic E-state index is 13.2. The summed E-state index contributed by atoms with van der Waals surface area (Å²) in [5, 5.41) is 0. The van der Waals surface area contributed by atoms with Crippen LogP contribution in [0.5, 0.6) is 0 Å². The lowest BCUT2D eigenvalue weighted by atomic mass is 9.73. The van der Waals surface area contributed by atoms with Crippen molar-refractivity contribution in [2.45, 2.75) is 13.3 Å². The smallest absolute Gasteiger partial charge is 0.268 e. The molecule has 0 unspecified atom stereocenters. The molecule has 1 amide bonds. The lowest BCUT2D eigenvalue weighted by Gasteiger charge is -2.57. The molecule has 2 nitrogen and oxygen atoms in total. The summed E-state index contributed by atoms with van der Waals surface area (Å²) in [7, 11) is 0. The summed E-state index contributed by atoms with van der Waals surface area (Å²) < 4.78 is -3.70. The largest absolute Gasteiger partial charge is 0.297 e. The van der Waals surface area contributed by atoms with Crippen LogP contribution in [0.2, 0.25) is 0 Å². The number of carbonyl (C=O) groups excluding carboxylic acids is 1. The van der Waals surface area contributed by atoms with Gasteiger partial charge in [-0.3, -0.25) is 4.79 Å². The van der Waals surface area contributed by atoms with Crippen LogP contribution in [0.4, 0.5) is 0 Å².